The zero-order valence-electron chi connectivity index (χ0n) is 19.4. The molecule has 1 N–H and O–H groups in total. The van der Waals surface area contributed by atoms with E-state index in [9.17, 15) is 9.59 Å². The van der Waals surface area contributed by atoms with E-state index in [2.05, 4.69) is 25.2 Å². The Hall–Kier alpha value is -3.03. The van der Waals surface area contributed by atoms with Crippen LogP contribution in [0.15, 0.2) is 42.5 Å². The molecule has 4 aromatic rings. The van der Waals surface area contributed by atoms with Crippen LogP contribution in [0.3, 0.4) is 0 Å². The summed E-state index contributed by atoms with van der Waals surface area (Å²) < 4.78 is 5.36. The summed E-state index contributed by atoms with van der Waals surface area (Å²) >= 11 is 3.16. The van der Waals surface area contributed by atoms with Crippen molar-refractivity contribution in [2.24, 2.45) is 5.92 Å². The third-order valence-electron chi connectivity index (χ3n) is 6.17. The second-order valence-electron chi connectivity index (χ2n) is 8.71. The minimum atomic E-state index is -0.362. The number of pyridine rings is 1. The van der Waals surface area contributed by atoms with E-state index in [1.807, 2.05) is 36.4 Å². The Bertz CT molecular complexity index is 1400. The third kappa shape index (κ3) is 4.26. The van der Waals surface area contributed by atoms with Crippen LogP contribution in [0.2, 0.25) is 0 Å². The molecule has 5 nitrogen and oxygen atoms in total. The van der Waals surface area contributed by atoms with E-state index in [1.54, 1.807) is 18.3 Å². The molecule has 1 aliphatic carbocycles. The van der Waals surface area contributed by atoms with Gasteiger partial charge in [-0.25, -0.2) is 9.78 Å². The second kappa shape index (κ2) is 9.31. The monoisotopic (exact) mass is 490 g/mol. The van der Waals surface area contributed by atoms with Crippen molar-refractivity contribution >= 4 is 50.5 Å². The maximum Gasteiger partial charge on any atom is 0.341 e. The number of hydrogen-bond acceptors (Lipinski definition) is 6. The van der Waals surface area contributed by atoms with E-state index in [4.69, 9.17) is 9.72 Å². The summed E-state index contributed by atoms with van der Waals surface area (Å²) in [6.45, 7) is 6.38. The lowest BCUT2D eigenvalue weighted by atomic mass is 9.88. The van der Waals surface area contributed by atoms with Crippen molar-refractivity contribution in [3.8, 4) is 10.6 Å². The molecule has 1 aromatic carbocycles. The van der Waals surface area contributed by atoms with Crippen LogP contribution in [0.25, 0.3) is 21.5 Å². The van der Waals surface area contributed by atoms with Gasteiger partial charge in [0.25, 0.3) is 5.91 Å². The number of aromatic nitrogens is 1. The van der Waals surface area contributed by atoms with Gasteiger partial charge in [0.05, 0.1) is 33.8 Å². The minimum absolute atomic E-state index is 0.245. The molecule has 5 rings (SSSR count). The van der Waals surface area contributed by atoms with E-state index in [0.29, 0.717) is 28.7 Å². The lowest BCUT2D eigenvalue weighted by Gasteiger charge is -2.18. The second-order valence-corrected chi connectivity index (χ2v) is 11.1. The van der Waals surface area contributed by atoms with Crippen LogP contribution in [0.4, 0.5) is 5.00 Å². The van der Waals surface area contributed by atoms with E-state index in [0.717, 1.165) is 46.3 Å². The van der Waals surface area contributed by atoms with Crippen LogP contribution >= 0.6 is 22.7 Å². The molecule has 0 saturated heterocycles. The predicted molar refractivity (Wildman–Crippen MR) is 139 cm³/mol. The molecule has 3 heterocycles. The number of fused-ring (bicyclic) bond motifs is 2. The Morgan fingerprint density at radius 3 is 2.76 bits per heavy atom. The number of benzene rings is 1. The van der Waals surface area contributed by atoms with Crippen LogP contribution in [-0.4, -0.2) is 23.5 Å². The van der Waals surface area contributed by atoms with Crippen LogP contribution in [-0.2, 0) is 17.6 Å². The highest BCUT2D eigenvalue weighted by Crippen LogP contribution is 2.40. The van der Waals surface area contributed by atoms with Crippen molar-refractivity contribution in [2.75, 3.05) is 11.9 Å². The first-order valence-corrected chi connectivity index (χ1v) is 13.2. The highest BCUT2D eigenvalue weighted by Gasteiger charge is 2.29. The number of anilines is 1. The number of aryl methyl sites for hydroxylation is 1. The van der Waals surface area contributed by atoms with Crippen LogP contribution < -0.4 is 5.32 Å². The smallest absolute Gasteiger partial charge is 0.341 e. The number of para-hydroxylation sites is 1. The molecule has 0 aliphatic heterocycles. The normalized spacial score (nSPS) is 15.2. The van der Waals surface area contributed by atoms with Crippen molar-refractivity contribution in [1.29, 1.82) is 0 Å². The van der Waals surface area contributed by atoms with E-state index < -0.39 is 0 Å². The van der Waals surface area contributed by atoms with Crippen LogP contribution in [0.1, 0.15) is 56.3 Å². The lowest BCUT2D eigenvalue weighted by molar-refractivity contribution is 0.0526. The maximum absolute atomic E-state index is 13.6. The maximum atomic E-state index is 13.6. The zero-order chi connectivity index (χ0) is 23.8. The van der Waals surface area contributed by atoms with Gasteiger partial charge in [0.15, 0.2) is 0 Å². The number of nitrogens with one attached hydrogen (secondary N) is 1. The van der Waals surface area contributed by atoms with Gasteiger partial charge in [0.2, 0.25) is 0 Å². The Labute approximate surface area is 206 Å². The van der Waals surface area contributed by atoms with Gasteiger partial charge < -0.3 is 10.1 Å². The topological polar surface area (TPSA) is 68.3 Å². The predicted octanol–water partition coefficient (Wildman–Crippen LogP) is 6.89. The first-order valence-electron chi connectivity index (χ1n) is 11.5. The van der Waals surface area contributed by atoms with Gasteiger partial charge in [-0.1, -0.05) is 25.1 Å². The van der Waals surface area contributed by atoms with Gasteiger partial charge in [-0.3, -0.25) is 4.79 Å². The van der Waals surface area contributed by atoms with Gasteiger partial charge in [0, 0.05) is 15.1 Å². The molecule has 0 fully saturated rings. The van der Waals surface area contributed by atoms with Gasteiger partial charge in [-0.15, -0.1) is 22.7 Å². The molecular weight excluding hydrogens is 464 g/mol. The molecule has 1 amide bonds. The first kappa shape index (κ1) is 22.7. The molecular formula is C27H26N2O3S2. The standard InChI is InChI=1S/C27H26N2O3S2/c1-4-32-27(31)24-18-11-9-15(2)13-23(18)34-26(24)29-25(30)19-14-21(22-12-10-16(3)33-22)28-20-8-6-5-7-17(19)20/h5-8,10,12,14-15H,4,9,11,13H2,1-3H3,(H,29,30)/t15-/m1/s1. The molecule has 1 atom stereocenters. The lowest BCUT2D eigenvalue weighted by Crippen LogP contribution is -2.17. The summed E-state index contributed by atoms with van der Waals surface area (Å²) in [5, 5.41) is 4.43. The molecule has 0 unspecified atom stereocenters. The quantitative estimate of drug-likeness (QED) is 0.309. The van der Waals surface area contributed by atoms with Crippen molar-refractivity contribution in [2.45, 2.75) is 40.0 Å². The average molecular weight is 491 g/mol. The van der Waals surface area contributed by atoms with Gasteiger partial charge in [0.1, 0.15) is 5.00 Å². The fraction of sp³-hybridized carbons (Fsp3) is 0.296. The molecule has 0 spiro atoms. The zero-order valence-corrected chi connectivity index (χ0v) is 21.1. The van der Waals surface area contributed by atoms with Crippen molar-refractivity contribution in [1.82, 2.24) is 4.98 Å². The summed E-state index contributed by atoms with van der Waals surface area (Å²) in [7, 11) is 0. The van der Waals surface area contributed by atoms with E-state index >= 15 is 0 Å². The fourth-order valence-electron chi connectivity index (χ4n) is 4.49. The first-order chi connectivity index (χ1) is 16.4. The molecule has 174 valence electrons. The Balaban J connectivity index is 1.57. The number of nitrogens with zero attached hydrogens (tertiary/aromatic N) is 1. The number of esters is 1. The molecule has 7 heteroatoms. The number of amides is 1. The third-order valence-corrected chi connectivity index (χ3v) is 8.36. The number of rotatable bonds is 5. The molecule has 3 aromatic heterocycles. The molecule has 0 bridgehead atoms. The van der Waals surface area contributed by atoms with Crippen molar-refractivity contribution in [3.63, 3.8) is 0 Å². The van der Waals surface area contributed by atoms with Gasteiger partial charge in [-0.2, -0.15) is 0 Å². The number of hydrogen-bond donors (Lipinski definition) is 1. The van der Waals surface area contributed by atoms with Crippen LogP contribution in [0, 0.1) is 12.8 Å². The summed E-state index contributed by atoms with van der Waals surface area (Å²) in [6.07, 6.45) is 2.78. The van der Waals surface area contributed by atoms with E-state index in [-0.39, 0.29) is 11.9 Å². The van der Waals surface area contributed by atoms with Gasteiger partial charge in [-0.05, 0) is 68.9 Å². The largest absolute Gasteiger partial charge is 0.462 e. The Morgan fingerprint density at radius 2 is 2.00 bits per heavy atom. The number of ether oxygens (including phenoxy) is 1. The molecule has 0 saturated carbocycles. The molecule has 0 radical (unpaired) electrons. The van der Waals surface area contributed by atoms with Crippen molar-refractivity contribution in [3.05, 3.63) is 68.9 Å². The Kier molecular flexibility index (Phi) is 6.23. The van der Waals surface area contributed by atoms with Crippen molar-refractivity contribution < 1.29 is 14.3 Å². The van der Waals surface area contributed by atoms with E-state index in [1.165, 1.54) is 21.1 Å². The molecule has 34 heavy (non-hydrogen) atoms. The number of carbonyl (C=O) groups excluding carboxylic acids is 2. The average Bonchev–Trinajstić information content (AvgIpc) is 3.41. The summed E-state index contributed by atoms with van der Waals surface area (Å²) in [5.74, 6) is -0.0461. The Morgan fingerprint density at radius 1 is 1.18 bits per heavy atom. The number of thiophene rings is 2. The highest BCUT2D eigenvalue weighted by molar-refractivity contribution is 7.17. The highest BCUT2D eigenvalue weighted by atomic mass is 32.1. The minimum Gasteiger partial charge on any atom is -0.462 e. The summed E-state index contributed by atoms with van der Waals surface area (Å²) in [5.41, 5.74) is 3.63. The summed E-state index contributed by atoms with van der Waals surface area (Å²) in [6, 6.07) is 13.6. The molecule has 1 aliphatic rings. The van der Waals surface area contributed by atoms with Gasteiger partial charge >= 0.3 is 5.97 Å². The SMILES string of the molecule is CCOC(=O)c1c(NC(=O)c2cc(-c3ccc(C)s3)nc3ccccc23)sc2c1CC[C@@H](C)C2. The summed E-state index contributed by atoms with van der Waals surface area (Å²) in [4.78, 5) is 34.7. The number of carbonyl (C=O) groups is 2. The fourth-order valence-corrected chi connectivity index (χ4v) is 6.71. The van der Waals surface area contributed by atoms with Crippen LogP contribution in [0.5, 0.6) is 0 Å².